The minimum Gasteiger partial charge on any atom is -0.507 e. The van der Waals surface area contributed by atoms with Crippen molar-refractivity contribution in [2.24, 2.45) is 5.10 Å². The van der Waals surface area contributed by atoms with Crippen LogP contribution >= 0.6 is 39.9 Å². The molecule has 1 aliphatic rings. The number of hydrogen-bond acceptors (Lipinski definition) is 6. The van der Waals surface area contributed by atoms with Gasteiger partial charge in [0.1, 0.15) is 11.5 Å². The Morgan fingerprint density at radius 2 is 1.84 bits per heavy atom. The quantitative estimate of drug-likeness (QED) is 0.432. The molecule has 1 saturated heterocycles. The van der Waals surface area contributed by atoms with Crippen molar-refractivity contribution in [3.8, 4) is 11.5 Å². The topological polar surface area (TPSA) is 73.1 Å². The van der Waals surface area contributed by atoms with Gasteiger partial charge in [-0.1, -0.05) is 45.9 Å². The SMILES string of the molecule is O=C1C(=Cc2ccccc2O)SC(=S)N1/N=C/c1cc(Br)ccc1O. The molecule has 3 rings (SSSR count). The number of nitrogens with zero attached hydrogens (tertiary/aromatic N) is 2. The van der Waals surface area contributed by atoms with Gasteiger partial charge in [-0.3, -0.25) is 4.79 Å². The van der Waals surface area contributed by atoms with Gasteiger partial charge in [-0.15, -0.1) is 0 Å². The lowest BCUT2D eigenvalue weighted by molar-refractivity contribution is -0.122. The van der Waals surface area contributed by atoms with Crippen LogP contribution in [-0.2, 0) is 4.79 Å². The Labute approximate surface area is 161 Å². The van der Waals surface area contributed by atoms with Crippen LogP contribution < -0.4 is 0 Å². The summed E-state index contributed by atoms with van der Waals surface area (Å²) in [5.74, 6) is -0.263. The molecule has 2 aromatic carbocycles. The van der Waals surface area contributed by atoms with E-state index in [1.165, 1.54) is 12.3 Å². The van der Waals surface area contributed by atoms with Crippen LogP contribution in [0.4, 0.5) is 0 Å². The number of hydrogen-bond donors (Lipinski definition) is 2. The van der Waals surface area contributed by atoms with Gasteiger partial charge >= 0.3 is 0 Å². The van der Waals surface area contributed by atoms with Crippen LogP contribution in [0.1, 0.15) is 11.1 Å². The van der Waals surface area contributed by atoms with E-state index >= 15 is 0 Å². The number of carbonyl (C=O) groups excluding carboxylic acids is 1. The molecule has 1 aliphatic heterocycles. The molecule has 126 valence electrons. The number of amides is 1. The Hall–Kier alpha value is -2.16. The predicted molar refractivity (Wildman–Crippen MR) is 107 cm³/mol. The van der Waals surface area contributed by atoms with Crippen LogP contribution in [0.3, 0.4) is 0 Å². The molecule has 2 N–H and O–H groups in total. The van der Waals surface area contributed by atoms with E-state index in [2.05, 4.69) is 21.0 Å². The third-order valence-corrected chi connectivity index (χ3v) is 5.07. The molecule has 2 aromatic rings. The van der Waals surface area contributed by atoms with Gasteiger partial charge in [0.15, 0.2) is 4.32 Å². The van der Waals surface area contributed by atoms with E-state index in [1.54, 1.807) is 42.5 Å². The Balaban J connectivity index is 1.86. The lowest BCUT2D eigenvalue weighted by atomic mass is 10.2. The summed E-state index contributed by atoms with van der Waals surface area (Å²) in [4.78, 5) is 12.8. The Kier molecular flexibility index (Phi) is 5.22. The van der Waals surface area contributed by atoms with Crippen molar-refractivity contribution in [1.82, 2.24) is 5.01 Å². The maximum Gasteiger partial charge on any atom is 0.286 e. The number of hydrazone groups is 1. The number of rotatable bonds is 3. The third-order valence-electron chi connectivity index (χ3n) is 3.30. The van der Waals surface area contributed by atoms with Gasteiger partial charge in [0.25, 0.3) is 5.91 Å². The fraction of sp³-hybridized carbons (Fsp3) is 0. The molecular weight excluding hydrogens is 424 g/mol. The highest BCUT2D eigenvalue weighted by molar-refractivity contribution is 9.10. The zero-order valence-electron chi connectivity index (χ0n) is 12.6. The highest BCUT2D eigenvalue weighted by Gasteiger charge is 2.32. The highest BCUT2D eigenvalue weighted by Crippen LogP contribution is 2.34. The number of halogens is 1. The first-order chi connectivity index (χ1) is 12.0. The average Bonchev–Trinajstić information content (AvgIpc) is 2.84. The largest absolute Gasteiger partial charge is 0.507 e. The van der Waals surface area contributed by atoms with Crippen molar-refractivity contribution in [3.63, 3.8) is 0 Å². The number of phenols is 2. The Bertz CT molecular complexity index is 928. The van der Waals surface area contributed by atoms with Crippen molar-refractivity contribution < 1.29 is 15.0 Å². The van der Waals surface area contributed by atoms with Crippen molar-refractivity contribution in [2.75, 3.05) is 0 Å². The van der Waals surface area contributed by atoms with Gasteiger partial charge in [-0.25, -0.2) is 0 Å². The van der Waals surface area contributed by atoms with E-state index in [-0.39, 0.29) is 21.7 Å². The van der Waals surface area contributed by atoms with Gasteiger partial charge < -0.3 is 10.2 Å². The maximum atomic E-state index is 12.5. The second-order valence-electron chi connectivity index (χ2n) is 5.00. The van der Waals surface area contributed by atoms with E-state index in [1.807, 2.05) is 0 Å². The van der Waals surface area contributed by atoms with Crippen LogP contribution in [-0.4, -0.2) is 31.7 Å². The molecule has 0 bridgehead atoms. The summed E-state index contributed by atoms with van der Waals surface area (Å²) in [6, 6.07) is 11.6. The molecule has 1 amide bonds. The molecule has 25 heavy (non-hydrogen) atoms. The van der Waals surface area contributed by atoms with Crippen LogP contribution in [0.15, 0.2) is 56.9 Å². The van der Waals surface area contributed by atoms with E-state index in [0.717, 1.165) is 21.2 Å². The molecule has 1 fully saturated rings. The first-order valence-electron chi connectivity index (χ1n) is 7.04. The second kappa shape index (κ2) is 7.38. The standard InChI is InChI=1S/C17H11BrN2O3S2/c18-12-5-6-14(22)11(7-12)9-19-20-16(23)15(25-17(20)24)8-10-3-1-2-4-13(10)21/h1-9,21-22H/b15-8?,19-9+. The van der Waals surface area contributed by atoms with Crippen LogP contribution in [0.5, 0.6) is 11.5 Å². The van der Waals surface area contributed by atoms with Crippen molar-refractivity contribution in [1.29, 1.82) is 0 Å². The fourth-order valence-electron chi connectivity index (χ4n) is 2.06. The monoisotopic (exact) mass is 434 g/mol. The fourth-order valence-corrected chi connectivity index (χ4v) is 3.60. The Morgan fingerprint density at radius 1 is 1.12 bits per heavy atom. The van der Waals surface area contributed by atoms with Gasteiger partial charge in [-0.2, -0.15) is 10.1 Å². The lowest BCUT2D eigenvalue weighted by Crippen LogP contribution is -2.22. The molecule has 1 heterocycles. The molecule has 0 atom stereocenters. The maximum absolute atomic E-state index is 12.5. The molecular formula is C17H11BrN2O3S2. The van der Waals surface area contributed by atoms with Gasteiger partial charge in [0, 0.05) is 15.6 Å². The van der Waals surface area contributed by atoms with Crippen molar-refractivity contribution >= 4 is 62.4 Å². The first-order valence-corrected chi connectivity index (χ1v) is 9.06. The second-order valence-corrected chi connectivity index (χ2v) is 7.59. The number of thioether (sulfide) groups is 1. The molecule has 0 radical (unpaired) electrons. The summed E-state index contributed by atoms with van der Waals surface area (Å²) in [6.07, 6.45) is 2.94. The summed E-state index contributed by atoms with van der Waals surface area (Å²) in [5.41, 5.74) is 0.977. The molecule has 8 heteroatoms. The van der Waals surface area contributed by atoms with E-state index in [4.69, 9.17) is 12.2 Å². The number of phenolic OH excluding ortho intramolecular Hbond substituents is 2. The molecule has 0 saturated carbocycles. The normalized spacial score (nSPS) is 16.4. The zero-order valence-corrected chi connectivity index (χ0v) is 15.8. The summed E-state index contributed by atoms with van der Waals surface area (Å²) in [5, 5.41) is 24.8. The van der Waals surface area contributed by atoms with E-state index in [9.17, 15) is 15.0 Å². The van der Waals surface area contributed by atoms with Crippen LogP contribution in [0.2, 0.25) is 0 Å². The summed E-state index contributed by atoms with van der Waals surface area (Å²) in [7, 11) is 0. The third kappa shape index (κ3) is 3.92. The number of carbonyl (C=O) groups is 1. The van der Waals surface area contributed by atoms with Gasteiger partial charge in [0.2, 0.25) is 0 Å². The molecule has 5 nitrogen and oxygen atoms in total. The summed E-state index contributed by atoms with van der Waals surface area (Å²) >= 11 is 9.61. The lowest BCUT2D eigenvalue weighted by Gasteiger charge is -2.07. The average molecular weight is 435 g/mol. The molecule has 0 spiro atoms. The minimum atomic E-state index is -0.385. The highest BCUT2D eigenvalue weighted by atomic mass is 79.9. The van der Waals surface area contributed by atoms with E-state index < -0.39 is 0 Å². The summed E-state index contributed by atoms with van der Waals surface area (Å²) in [6.45, 7) is 0. The van der Waals surface area contributed by atoms with Crippen LogP contribution in [0, 0.1) is 0 Å². The Morgan fingerprint density at radius 3 is 2.60 bits per heavy atom. The molecule has 0 aromatic heterocycles. The van der Waals surface area contributed by atoms with E-state index in [0.29, 0.717) is 16.0 Å². The van der Waals surface area contributed by atoms with Crippen molar-refractivity contribution in [2.45, 2.75) is 0 Å². The smallest absolute Gasteiger partial charge is 0.286 e. The number of para-hydroxylation sites is 1. The molecule has 0 aliphatic carbocycles. The van der Waals surface area contributed by atoms with Crippen molar-refractivity contribution in [3.05, 3.63) is 63.0 Å². The van der Waals surface area contributed by atoms with Crippen LogP contribution in [0.25, 0.3) is 6.08 Å². The zero-order chi connectivity index (χ0) is 18.0. The van der Waals surface area contributed by atoms with Gasteiger partial charge in [0.05, 0.1) is 11.1 Å². The number of aromatic hydroxyl groups is 2. The predicted octanol–water partition coefficient (Wildman–Crippen LogP) is 4.10. The van der Waals surface area contributed by atoms with Gasteiger partial charge in [-0.05, 0) is 42.6 Å². The number of thiocarbonyl (C=S) groups is 1. The minimum absolute atomic E-state index is 0.0436. The number of benzene rings is 2. The molecule has 0 unspecified atom stereocenters. The summed E-state index contributed by atoms with van der Waals surface area (Å²) < 4.78 is 1.05. The first kappa shape index (κ1) is 17.7.